The normalized spacial score (nSPS) is 12.5. The zero-order valence-electron chi connectivity index (χ0n) is 23.2. The van der Waals surface area contributed by atoms with Gasteiger partial charge < -0.3 is 10.2 Å². The second kappa shape index (κ2) is 13.2. The van der Waals surface area contributed by atoms with Crippen LogP contribution >= 0.6 is 46.4 Å². The first kappa shape index (κ1) is 33.0. The summed E-state index contributed by atoms with van der Waals surface area (Å²) in [5.41, 5.74) is 1.04. The molecular weight excluding hydrogens is 628 g/mol. The molecular formula is C29H31Cl4N3O4S. The molecule has 41 heavy (non-hydrogen) atoms. The summed E-state index contributed by atoms with van der Waals surface area (Å²) in [5, 5.41) is 3.83. The summed E-state index contributed by atoms with van der Waals surface area (Å²) in [7, 11) is -4.24. The third-order valence-corrected chi connectivity index (χ3v) is 9.35. The van der Waals surface area contributed by atoms with Gasteiger partial charge >= 0.3 is 0 Å². The van der Waals surface area contributed by atoms with Crippen molar-refractivity contribution in [1.82, 2.24) is 10.2 Å². The van der Waals surface area contributed by atoms with Gasteiger partial charge in [0.25, 0.3) is 10.0 Å². The van der Waals surface area contributed by atoms with Crippen LogP contribution in [0.25, 0.3) is 0 Å². The molecule has 12 heteroatoms. The minimum atomic E-state index is -4.24. The smallest absolute Gasteiger partial charge is 0.264 e. The quantitative estimate of drug-likeness (QED) is 0.265. The molecule has 3 aromatic rings. The zero-order chi connectivity index (χ0) is 30.7. The molecule has 0 spiro atoms. The van der Waals surface area contributed by atoms with Crippen LogP contribution < -0.4 is 9.62 Å². The SMILES string of the molecule is Cc1ccc(S(=O)(=O)N(CC(=O)N(Cc2ccc(Cl)c(Cl)c2)[C@@H](C)C(=O)NC(C)(C)C)c2ccc(Cl)c(Cl)c2)cc1. The minimum Gasteiger partial charge on any atom is -0.350 e. The molecule has 0 radical (unpaired) electrons. The lowest BCUT2D eigenvalue weighted by Gasteiger charge is -2.33. The van der Waals surface area contributed by atoms with Gasteiger partial charge in [-0.25, -0.2) is 8.42 Å². The molecule has 220 valence electrons. The minimum absolute atomic E-state index is 0.0171. The lowest BCUT2D eigenvalue weighted by Crippen LogP contribution is -2.54. The first-order chi connectivity index (χ1) is 19.0. The van der Waals surface area contributed by atoms with Crippen LogP contribution in [0.5, 0.6) is 0 Å². The fraction of sp³-hybridized carbons (Fsp3) is 0.310. The number of sulfonamides is 1. The highest BCUT2D eigenvalue weighted by Crippen LogP contribution is 2.31. The molecule has 0 saturated carbocycles. The van der Waals surface area contributed by atoms with Crippen molar-refractivity contribution in [2.45, 2.75) is 57.6 Å². The van der Waals surface area contributed by atoms with E-state index in [1.54, 1.807) is 37.3 Å². The van der Waals surface area contributed by atoms with Crippen molar-refractivity contribution in [3.05, 3.63) is 91.9 Å². The second-order valence-electron chi connectivity index (χ2n) is 10.6. The zero-order valence-corrected chi connectivity index (χ0v) is 27.1. The maximum atomic E-state index is 14.0. The van der Waals surface area contributed by atoms with Gasteiger partial charge in [0.1, 0.15) is 12.6 Å². The number of rotatable bonds is 9. The summed E-state index contributed by atoms with van der Waals surface area (Å²) in [6.45, 7) is 8.22. The number of halogens is 4. The number of anilines is 1. The Morgan fingerprint density at radius 2 is 1.41 bits per heavy atom. The molecule has 0 unspecified atom stereocenters. The first-order valence-corrected chi connectivity index (χ1v) is 15.5. The van der Waals surface area contributed by atoms with E-state index in [4.69, 9.17) is 46.4 Å². The van der Waals surface area contributed by atoms with Gasteiger partial charge in [-0.2, -0.15) is 0 Å². The van der Waals surface area contributed by atoms with E-state index >= 15 is 0 Å². The Labute approximate surface area is 261 Å². The lowest BCUT2D eigenvalue weighted by molar-refractivity contribution is -0.140. The maximum Gasteiger partial charge on any atom is 0.264 e. The van der Waals surface area contributed by atoms with Crippen LogP contribution in [0.3, 0.4) is 0 Å². The number of hydrogen-bond acceptors (Lipinski definition) is 4. The van der Waals surface area contributed by atoms with E-state index in [-0.39, 0.29) is 32.2 Å². The summed E-state index contributed by atoms with van der Waals surface area (Å²) in [4.78, 5) is 28.5. The van der Waals surface area contributed by atoms with Crippen molar-refractivity contribution in [2.24, 2.45) is 0 Å². The fourth-order valence-corrected chi connectivity index (χ4v) is 5.92. The van der Waals surface area contributed by atoms with Crippen molar-refractivity contribution >= 4 is 73.9 Å². The van der Waals surface area contributed by atoms with Crippen LogP contribution in [-0.4, -0.2) is 43.3 Å². The number of benzene rings is 3. The van der Waals surface area contributed by atoms with Gasteiger partial charge in [0.05, 0.1) is 30.7 Å². The summed E-state index contributed by atoms with van der Waals surface area (Å²) in [6, 6.07) is 14.5. The lowest BCUT2D eigenvalue weighted by atomic mass is 10.1. The van der Waals surface area contributed by atoms with Crippen LogP contribution in [0.4, 0.5) is 5.69 Å². The molecule has 3 aromatic carbocycles. The van der Waals surface area contributed by atoms with Gasteiger partial charge in [-0.1, -0.05) is 70.2 Å². The number of nitrogens with zero attached hydrogens (tertiary/aromatic N) is 2. The van der Waals surface area contributed by atoms with Crippen LogP contribution in [-0.2, 0) is 26.2 Å². The van der Waals surface area contributed by atoms with Gasteiger partial charge in [0.15, 0.2) is 0 Å². The number of hydrogen-bond donors (Lipinski definition) is 1. The Bertz CT molecular complexity index is 1540. The van der Waals surface area contributed by atoms with E-state index in [0.29, 0.717) is 10.6 Å². The Morgan fingerprint density at radius 3 is 1.95 bits per heavy atom. The molecule has 1 N–H and O–H groups in total. The standard InChI is InChI=1S/C29H31Cl4N3O4S/c1-18-6-10-22(11-7-18)41(39,40)36(21-9-13-24(31)26(33)15-21)17-27(37)35(19(2)28(38)34-29(3,4)5)16-20-8-12-23(30)25(32)14-20/h6-15,19H,16-17H2,1-5H3,(H,34,38)/t19-/m0/s1. The van der Waals surface area contributed by atoms with E-state index in [0.717, 1.165) is 9.87 Å². The number of carbonyl (C=O) groups is 2. The topological polar surface area (TPSA) is 86.8 Å². The maximum absolute atomic E-state index is 14.0. The molecule has 7 nitrogen and oxygen atoms in total. The largest absolute Gasteiger partial charge is 0.350 e. The molecule has 1 atom stereocenters. The van der Waals surface area contributed by atoms with E-state index in [1.807, 2.05) is 27.7 Å². The monoisotopic (exact) mass is 657 g/mol. The molecule has 0 aliphatic rings. The van der Waals surface area contributed by atoms with E-state index in [9.17, 15) is 18.0 Å². The van der Waals surface area contributed by atoms with Gasteiger partial charge in [-0.15, -0.1) is 0 Å². The third kappa shape index (κ3) is 8.52. The summed E-state index contributed by atoms with van der Waals surface area (Å²) >= 11 is 24.6. The number of amides is 2. The molecule has 3 rings (SSSR count). The number of aryl methyl sites for hydroxylation is 1. The average molecular weight is 659 g/mol. The van der Waals surface area contributed by atoms with Gasteiger partial charge in [0, 0.05) is 12.1 Å². The van der Waals surface area contributed by atoms with Crippen molar-refractivity contribution in [3.8, 4) is 0 Å². The third-order valence-electron chi connectivity index (χ3n) is 6.08. The van der Waals surface area contributed by atoms with Crippen molar-refractivity contribution < 1.29 is 18.0 Å². The predicted molar refractivity (Wildman–Crippen MR) is 167 cm³/mol. The molecule has 0 fully saturated rings. The molecule has 2 amide bonds. The van der Waals surface area contributed by atoms with Crippen LogP contribution in [0.2, 0.25) is 20.1 Å². The predicted octanol–water partition coefficient (Wildman–Crippen LogP) is 7.14. The van der Waals surface area contributed by atoms with Gasteiger partial charge in [0.2, 0.25) is 11.8 Å². The van der Waals surface area contributed by atoms with Crippen LogP contribution in [0.15, 0.2) is 65.6 Å². The van der Waals surface area contributed by atoms with Crippen LogP contribution in [0, 0.1) is 6.92 Å². The molecule has 0 saturated heterocycles. The number of nitrogens with one attached hydrogen (secondary N) is 1. The van der Waals surface area contributed by atoms with Crippen molar-refractivity contribution in [3.63, 3.8) is 0 Å². The second-order valence-corrected chi connectivity index (χ2v) is 14.1. The van der Waals surface area contributed by atoms with Crippen molar-refractivity contribution in [2.75, 3.05) is 10.8 Å². The molecule has 0 aliphatic heterocycles. The van der Waals surface area contributed by atoms with E-state index in [2.05, 4.69) is 5.32 Å². The fourth-order valence-electron chi connectivity index (χ4n) is 3.90. The highest BCUT2D eigenvalue weighted by molar-refractivity contribution is 7.92. The highest BCUT2D eigenvalue weighted by Gasteiger charge is 2.33. The van der Waals surface area contributed by atoms with Crippen molar-refractivity contribution in [1.29, 1.82) is 0 Å². The molecule has 0 aliphatic carbocycles. The Balaban J connectivity index is 2.08. The Hall–Kier alpha value is -2.49. The summed E-state index contributed by atoms with van der Waals surface area (Å²) in [5.74, 6) is -1.04. The Morgan fingerprint density at radius 1 is 0.854 bits per heavy atom. The molecule has 0 aromatic heterocycles. The molecule has 0 bridgehead atoms. The van der Waals surface area contributed by atoms with Crippen LogP contribution in [0.1, 0.15) is 38.8 Å². The first-order valence-electron chi connectivity index (χ1n) is 12.6. The summed E-state index contributed by atoms with van der Waals surface area (Å²) < 4.78 is 28.8. The van der Waals surface area contributed by atoms with Gasteiger partial charge in [-0.05, 0) is 82.6 Å². The summed E-state index contributed by atoms with van der Waals surface area (Å²) in [6.07, 6.45) is 0. The Kier molecular flexibility index (Phi) is 10.6. The van der Waals surface area contributed by atoms with E-state index < -0.39 is 40.0 Å². The average Bonchev–Trinajstić information content (AvgIpc) is 2.88. The number of carbonyl (C=O) groups excluding carboxylic acids is 2. The van der Waals surface area contributed by atoms with E-state index in [1.165, 1.54) is 35.2 Å². The highest BCUT2D eigenvalue weighted by atomic mass is 35.5. The van der Waals surface area contributed by atoms with Gasteiger partial charge in [-0.3, -0.25) is 13.9 Å². The molecule has 0 heterocycles.